The molecular weight excluding hydrogens is 336 g/mol. The second kappa shape index (κ2) is 7.49. The zero-order valence-electron chi connectivity index (χ0n) is 14.2. The lowest BCUT2D eigenvalue weighted by atomic mass is 10.1. The highest BCUT2D eigenvalue weighted by Gasteiger charge is 2.13. The van der Waals surface area contributed by atoms with Crippen molar-refractivity contribution in [3.05, 3.63) is 76.2 Å². The highest BCUT2D eigenvalue weighted by molar-refractivity contribution is 6.30. The van der Waals surface area contributed by atoms with Crippen molar-refractivity contribution in [3.63, 3.8) is 0 Å². The second-order valence-corrected chi connectivity index (χ2v) is 6.20. The third-order valence-electron chi connectivity index (χ3n) is 4.07. The van der Waals surface area contributed by atoms with Crippen molar-refractivity contribution in [1.29, 1.82) is 0 Å². The van der Waals surface area contributed by atoms with Gasteiger partial charge in [-0.2, -0.15) is 5.10 Å². The Bertz CT molecular complexity index is 872. The van der Waals surface area contributed by atoms with Crippen LogP contribution in [0.4, 0.5) is 0 Å². The molecule has 0 aliphatic carbocycles. The summed E-state index contributed by atoms with van der Waals surface area (Å²) < 4.78 is 1.84. The van der Waals surface area contributed by atoms with Crippen LogP contribution in [0.15, 0.2) is 48.7 Å². The van der Waals surface area contributed by atoms with E-state index in [4.69, 9.17) is 11.6 Å². The summed E-state index contributed by atoms with van der Waals surface area (Å²) in [6.07, 6.45) is 2.46. The molecular formula is C19H19ClN4O. The maximum atomic E-state index is 12.2. The van der Waals surface area contributed by atoms with E-state index in [-0.39, 0.29) is 5.91 Å². The van der Waals surface area contributed by atoms with Crippen LogP contribution < -0.4 is 5.32 Å². The Morgan fingerprint density at radius 2 is 1.92 bits per heavy atom. The minimum Gasteiger partial charge on any atom is -0.352 e. The zero-order chi connectivity index (χ0) is 17.8. The summed E-state index contributed by atoms with van der Waals surface area (Å²) in [7, 11) is 0. The molecule has 2 aromatic heterocycles. The summed E-state index contributed by atoms with van der Waals surface area (Å²) in [4.78, 5) is 16.5. The molecule has 6 heteroatoms. The molecule has 1 amide bonds. The Morgan fingerprint density at radius 1 is 1.16 bits per heavy atom. The molecule has 0 spiro atoms. The average Bonchev–Trinajstić information content (AvgIpc) is 2.91. The number of benzene rings is 1. The molecule has 3 rings (SSSR count). The number of hydrogen-bond acceptors (Lipinski definition) is 3. The van der Waals surface area contributed by atoms with Gasteiger partial charge in [0.25, 0.3) is 5.91 Å². The molecule has 0 aliphatic rings. The first kappa shape index (κ1) is 17.2. The van der Waals surface area contributed by atoms with Gasteiger partial charge in [0.15, 0.2) is 5.82 Å². The van der Waals surface area contributed by atoms with E-state index in [1.165, 1.54) is 0 Å². The molecule has 25 heavy (non-hydrogen) atoms. The largest absolute Gasteiger partial charge is 0.352 e. The molecule has 0 aliphatic heterocycles. The number of hydrogen-bond donors (Lipinski definition) is 1. The van der Waals surface area contributed by atoms with Gasteiger partial charge in [-0.05, 0) is 62.2 Å². The summed E-state index contributed by atoms with van der Waals surface area (Å²) in [5.74, 6) is 0.684. The molecule has 1 aromatic carbocycles. The van der Waals surface area contributed by atoms with Gasteiger partial charge in [0.05, 0.1) is 5.69 Å². The highest BCUT2D eigenvalue weighted by atomic mass is 35.5. The number of halogens is 1. The van der Waals surface area contributed by atoms with Gasteiger partial charge in [-0.25, -0.2) is 9.67 Å². The van der Waals surface area contributed by atoms with Crippen molar-refractivity contribution in [1.82, 2.24) is 20.1 Å². The SMILES string of the molecule is Cc1nn(-c2ccccn2)c(C)c1CCNC(=O)c1ccc(Cl)cc1. The quantitative estimate of drug-likeness (QED) is 0.762. The van der Waals surface area contributed by atoms with Crippen LogP contribution in [0.2, 0.25) is 5.02 Å². The summed E-state index contributed by atoms with van der Waals surface area (Å²) in [5.41, 5.74) is 3.71. The summed E-state index contributed by atoms with van der Waals surface area (Å²) in [6, 6.07) is 12.6. The molecule has 5 nitrogen and oxygen atoms in total. The van der Waals surface area contributed by atoms with Crippen LogP contribution in [-0.4, -0.2) is 27.2 Å². The summed E-state index contributed by atoms with van der Waals surface area (Å²) in [6.45, 7) is 4.53. The van der Waals surface area contributed by atoms with Crippen molar-refractivity contribution < 1.29 is 4.79 Å². The number of nitrogens with one attached hydrogen (secondary N) is 1. The Morgan fingerprint density at radius 3 is 2.60 bits per heavy atom. The van der Waals surface area contributed by atoms with Gasteiger partial charge in [0, 0.05) is 29.0 Å². The van der Waals surface area contributed by atoms with Gasteiger partial charge in [-0.15, -0.1) is 0 Å². The molecule has 2 heterocycles. The van der Waals surface area contributed by atoms with Crippen LogP contribution in [0.1, 0.15) is 27.3 Å². The number of aryl methyl sites for hydroxylation is 1. The Balaban J connectivity index is 1.67. The normalized spacial score (nSPS) is 10.7. The number of nitrogens with zero attached hydrogens (tertiary/aromatic N) is 3. The van der Waals surface area contributed by atoms with Crippen molar-refractivity contribution in [2.75, 3.05) is 6.54 Å². The van der Waals surface area contributed by atoms with E-state index in [9.17, 15) is 4.79 Å². The van der Waals surface area contributed by atoms with E-state index in [0.29, 0.717) is 23.6 Å². The van der Waals surface area contributed by atoms with Crippen molar-refractivity contribution >= 4 is 17.5 Å². The number of carbonyl (C=O) groups is 1. The first-order valence-electron chi connectivity index (χ1n) is 8.06. The lowest BCUT2D eigenvalue weighted by Crippen LogP contribution is -2.25. The number of carbonyl (C=O) groups excluding carboxylic acids is 1. The lowest BCUT2D eigenvalue weighted by molar-refractivity contribution is 0.0954. The van der Waals surface area contributed by atoms with Crippen molar-refractivity contribution in [2.45, 2.75) is 20.3 Å². The maximum Gasteiger partial charge on any atom is 0.251 e. The van der Waals surface area contributed by atoms with Crippen LogP contribution in [0, 0.1) is 13.8 Å². The summed E-state index contributed by atoms with van der Waals surface area (Å²) in [5, 5.41) is 8.12. The smallest absolute Gasteiger partial charge is 0.251 e. The van der Waals surface area contributed by atoms with Crippen molar-refractivity contribution in [2.24, 2.45) is 0 Å². The van der Waals surface area contributed by atoms with E-state index >= 15 is 0 Å². The third kappa shape index (κ3) is 3.88. The van der Waals surface area contributed by atoms with Crippen LogP contribution in [-0.2, 0) is 6.42 Å². The molecule has 0 saturated heterocycles. The molecule has 1 N–H and O–H groups in total. The monoisotopic (exact) mass is 354 g/mol. The molecule has 128 valence electrons. The van der Waals surface area contributed by atoms with Gasteiger partial charge in [0.1, 0.15) is 0 Å². The van der Waals surface area contributed by atoms with Gasteiger partial charge in [-0.1, -0.05) is 17.7 Å². The molecule has 0 saturated carbocycles. The minimum absolute atomic E-state index is 0.107. The van der Waals surface area contributed by atoms with Gasteiger partial charge < -0.3 is 5.32 Å². The maximum absolute atomic E-state index is 12.2. The van der Waals surface area contributed by atoms with Gasteiger partial charge in [-0.3, -0.25) is 4.79 Å². The van der Waals surface area contributed by atoms with E-state index in [1.807, 2.05) is 36.7 Å². The highest BCUT2D eigenvalue weighted by Crippen LogP contribution is 2.17. The molecule has 0 radical (unpaired) electrons. The molecule has 0 bridgehead atoms. The van der Waals surface area contributed by atoms with Crippen molar-refractivity contribution in [3.8, 4) is 5.82 Å². The summed E-state index contributed by atoms with van der Waals surface area (Å²) >= 11 is 5.84. The van der Waals surface area contributed by atoms with E-state index in [1.54, 1.807) is 30.5 Å². The topological polar surface area (TPSA) is 59.8 Å². The lowest BCUT2D eigenvalue weighted by Gasteiger charge is -2.07. The Kier molecular flexibility index (Phi) is 5.14. The molecule has 3 aromatic rings. The van der Waals surface area contributed by atoms with Gasteiger partial charge in [0.2, 0.25) is 0 Å². The third-order valence-corrected chi connectivity index (χ3v) is 4.33. The molecule has 0 atom stereocenters. The number of pyridine rings is 1. The van der Waals surface area contributed by atoms with E-state index < -0.39 is 0 Å². The van der Waals surface area contributed by atoms with E-state index in [0.717, 1.165) is 22.8 Å². The number of rotatable bonds is 5. The number of aromatic nitrogens is 3. The first-order chi connectivity index (χ1) is 12.1. The predicted molar refractivity (Wildman–Crippen MR) is 98.3 cm³/mol. The average molecular weight is 355 g/mol. The van der Waals surface area contributed by atoms with Crippen LogP contribution in [0.3, 0.4) is 0 Å². The van der Waals surface area contributed by atoms with Crippen LogP contribution >= 0.6 is 11.6 Å². The van der Waals surface area contributed by atoms with Crippen LogP contribution in [0.5, 0.6) is 0 Å². The number of amides is 1. The second-order valence-electron chi connectivity index (χ2n) is 5.76. The van der Waals surface area contributed by atoms with Crippen LogP contribution in [0.25, 0.3) is 5.82 Å². The standard InChI is InChI=1S/C19H19ClN4O/c1-13-17(14(2)24(23-13)18-5-3-4-11-21-18)10-12-22-19(25)15-6-8-16(20)9-7-15/h3-9,11H,10,12H2,1-2H3,(H,22,25). The fourth-order valence-corrected chi connectivity index (χ4v) is 2.87. The fraction of sp³-hybridized carbons (Fsp3) is 0.211. The Labute approximate surface area is 151 Å². The minimum atomic E-state index is -0.107. The molecule has 0 unspecified atom stereocenters. The van der Waals surface area contributed by atoms with Gasteiger partial charge >= 0.3 is 0 Å². The molecule has 0 fully saturated rings. The Hall–Kier alpha value is -2.66. The first-order valence-corrected chi connectivity index (χ1v) is 8.44. The zero-order valence-corrected chi connectivity index (χ0v) is 14.9. The fourth-order valence-electron chi connectivity index (χ4n) is 2.74. The van der Waals surface area contributed by atoms with E-state index in [2.05, 4.69) is 15.4 Å². The predicted octanol–water partition coefficient (Wildman–Crippen LogP) is 3.51.